The molecule has 3 aromatic rings. The van der Waals surface area contributed by atoms with Crippen molar-refractivity contribution in [3.8, 4) is 0 Å². The number of carbonyl (C=O) groups excluding carboxylic acids is 1. The van der Waals surface area contributed by atoms with Crippen molar-refractivity contribution in [1.29, 1.82) is 0 Å². The Morgan fingerprint density at radius 2 is 1.21 bits per heavy atom. The van der Waals surface area contributed by atoms with Crippen LogP contribution in [0.4, 0.5) is 0 Å². The highest BCUT2D eigenvalue weighted by molar-refractivity contribution is 7.91. The highest BCUT2D eigenvalue weighted by Gasteiger charge is 2.49. The summed E-state index contributed by atoms with van der Waals surface area (Å²) < 4.78 is 12.0. The minimum Gasteiger partial charge on any atom is -0.456 e. The molecule has 0 bridgehead atoms. The van der Waals surface area contributed by atoms with Gasteiger partial charge in [0.15, 0.2) is 0 Å². The maximum Gasteiger partial charge on any atom is 0.342 e. The van der Waals surface area contributed by atoms with Crippen molar-refractivity contribution in [2.24, 2.45) is 0 Å². The summed E-state index contributed by atoms with van der Waals surface area (Å²) in [6, 6.07) is 27.9. The molecule has 0 unspecified atom stereocenters. The Hall–Kier alpha value is -2.48. The minimum absolute atomic E-state index is 0.337. The summed E-state index contributed by atoms with van der Waals surface area (Å²) in [6.45, 7) is 5.63. The first-order chi connectivity index (χ1) is 13.4. The number of ether oxygens (including phenoxy) is 1. The fourth-order valence-corrected chi connectivity index (χ4v) is 6.72. The van der Waals surface area contributed by atoms with Gasteiger partial charge in [-0.15, -0.1) is 0 Å². The van der Waals surface area contributed by atoms with Crippen molar-refractivity contribution in [2.45, 2.75) is 26.4 Å². The van der Waals surface area contributed by atoms with Gasteiger partial charge in [0.2, 0.25) is 7.49 Å². The van der Waals surface area contributed by atoms with Gasteiger partial charge in [0.25, 0.3) is 0 Å². The van der Waals surface area contributed by atoms with Gasteiger partial charge >= 0.3 is 5.97 Å². The molecule has 0 atom stereocenters. The Bertz CT molecular complexity index is 891. The van der Waals surface area contributed by atoms with Gasteiger partial charge in [-0.2, -0.15) is 0 Å². The van der Waals surface area contributed by atoms with Crippen LogP contribution in [-0.2, 0) is 9.26 Å². The van der Waals surface area contributed by atoms with Crippen LogP contribution in [-0.4, -0.2) is 18.7 Å². The van der Waals surface area contributed by atoms with Crippen LogP contribution in [0.25, 0.3) is 0 Å². The normalized spacial score (nSPS) is 11.9. The van der Waals surface area contributed by atoms with Gasteiger partial charge in [0.1, 0.15) is 27.1 Å². The second-order valence-corrected chi connectivity index (χ2v) is 10.6. The predicted octanol–water partition coefficient (Wildman–Crippen LogP) is 4.50. The molecule has 28 heavy (non-hydrogen) atoms. The highest BCUT2D eigenvalue weighted by Crippen LogP contribution is 2.56. The van der Waals surface area contributed by atoms with E-state index >= 15 is 0 Å². The summed E-state index contributed by atoms with van der Waals surface area (Å²) in [7, 11) is -0.770. The zero-order valence-corrected chi connectivity index (χ0v) is 17.6. The molecule has 4 heteroatoms. The molecule has 3 rings (SSSR count). The summed E-state index contributed by atoms with van der Waals surface area (Å²) in [5.41, 5.74) is -0.0296. The van der Waals surface area contributed by atoms with Crippen LogP contribution >= 0.6 is 7.49 Å². The lowest BCUT2D eigenvalue weighted by molar-refractivity contribution is 0.00710. The van der Waals surface area contributed by atoms with Crippen molar-refractivity contribution in [3.63, 3.8) is 0 Å². The van der Waals surface area contributed by atoms with Crippen molar-refractivity contribution >= 4 is 29.4 Å². The summed E-state index contributed by atoms with van der Waals surface area (Å²) in [6.07, 6.45) is 0. The van der Waals surface area contributed by atoms with Gasteiger partial charge in [0, 0.05) is 0 Å². The van der Waals surface area contributed by atoms with Crippen LogP contribution in [0.5, 0.6) is 0 Å². The molecular formula is C24H26O3P+. The minimum atomic E-state index is -2.49. The van der Waals surface area contributed by atoms with Gasteiger partial charge in [-0.3, -0.25) is 0 Å². The lowest BCUT2D eigenvalue weighted by Crippen LogP contribution is -2.36. The molecule has 0 N–H and O–H groups in total. The Balaban J connectivity index is 2.28. The number of esters is 1. The predicted molar refractivity (Wildman–Crippen MR) is 117 cm³/mol. The molecular weight excluding hydrogens is 367 g/mol. The molecule has 0 aliphatic heterocycles. The Kier molecular flexibility index (Phi) is 5.98. The molecule has 0 fully saturated rings. The summed E-state index contributed by atoms with van der Waals surface area (Å²) in [5.74, 6) is -0.337. The number of hydrogen-bond acceptors (Lipinski definition) is 3. The highest BCUT2D eigenvalue weighted by atomic mass is 31.2. The van der Waals surface area contributed by atoms with E-state index in [9.17, 15) is 4.79 Å². The van der Waals surface area contributed by atoms with Gasteiger partial charge < -0.3 is 4.74 Å². The van der Waals surface area contributed by atoms with E-state index in [4.69, 9.17) is 9.26 Å². The Morgan fingerprint density at radius 1 is 0.750 bits per heavy atom. The van der Waals surface area contributed by atoms with E-state index in [0.29, 0.717) is 5.56 Å². The zero-order valence-electron chi connectivity index (χ0n) is 16.8. The standard InChI is InChI=1S/C24H26O3P/c1-24(2,3)27-23(25)21-17-11-12-18-22(21)28(26-4,19-13-7-5-8-14-19)20-15-9-6-10-16-20/h5-18H,1-4H3/q+1. The number of hydrogen-bond donors (Lipinski definition) is 0. The fraction of sp³-hybridized carbons (Fsp3) is 0.208. The van der Waals surface area contributed by atoms with E-state index in [1.807, 2.05) is 81.4 Å². The van der Waals surface area contributed by atoms with E-state index in [1.54, 1.807) is 7.11 Å². The number of benzene rings is 3. The van der Waals surface area contributed by atoms with E-state index in [2.05, 4.69) is 24.3 Å². The van der Waals surface area contributed by atoms with Gasteiger partial charge in [-0.1, -0.05) is 48.5 Å². The molecule has 0 heterocycles. The molecule has 0 saturated heterocycles. The molecule has 3 aromatic carbocycles. The SMILES string of the molecule is CO[P+](c1ccccc1)(c1ccccc1)c1ccccc1C(=O)OC(C)(C)C. The summed E-state index contributed by atoms with van der Waals surface area (Å²) in [5, 5.41) is 2.98. The van der Waals surface area contributed by atoms with E-state index in [-0.39, 0.29) is 5.97 Å². The van der Waals surface area contributed by atoms with Crippen molar-refractivity contribution in [2.75, 3.05) is 7.11 Å². The molecule has 0 aromatic heterocycles. The topological polar surface area (TPSA) is 35.5 Å². The van der Waals surface area contributed by atoms with Crippen LogP contribution in [0, 0.1) is 0 Å². The maximum absolute atomic E-state index is 13.0. The quantitative estimate of drug-likeness (QED) is 0.473. The molecule has 0 amide bonds. The molecule has 0 aliphatic carbocycles. The van der Waals surface area contributed by atoms with Crippen LogP contribution < -0.4 is 15.9 Å². The fourth-order valence-electron chi connectivity index (χ4n) is 3.27. The average molecular weight is 393 g/mol. The molecule has 3 nitrogen and oxygen atoms in total. The first kappa shape index (κ1) is 20.3. The zero-order chi connectivity index (χ0) is 20.2. The molecule has 0 aliphatic rings. The summed E-state index contributed by atoms with van der Waals surface area (Å²) >= 11 is 0. The second-order valence-electron chi connectivity index (χ2n) is 7.48. The van der Waals surface area contributed by atoms with Crippen molar-refractivity contribution in [3.05, 3.63) is 90.5 Å². The average Bonchev–Trinajstić information content (AvgIpc) is 2.70. The Morgan fingerprint density at radius 3 is 1.68 bits per heavy atom. The first-order valence-electron chi connectivity index (χ1n) is 9.27. The van der Waals surface area contributed by atoms with Gasteiger partial charge in [0.05, 0.1) is 7.11 Å². The third-order valence-electron chi connectivity index (χ3n) is 4.38. The second kappa shape index (κ2) is 8.26. The molecule has 0 radical (unpaired) electrons. The van der Waals surface area contributed by atoms with Crippen LogP contribution in [0.1, 0.15) is 31.1 Å². The lowest BCUT2D eigenvalue weighted by atomic mass is 10.1. The van der Waals surface area contributed by atoms with Crippen LogP contribution in [0.15, 0.2) is 84.9 Å². The van der Waals surface area contributed by atoms with E-state index in [0.717, 1.165) is 15.9 Å². The lowest BCUT2D eigenvalue weighted by Gasteiger charge is -2.26. The smallest absolute Gasteiger partial charge is 0.342 e. The summed E-state index contributed by atoms with van der Waals surface area (Å²) in [4.78, 5) is 13.0. The van der Waals surface area contributed by atoms with Gasteiger partial charge in [-0.25, -0.2) is 9.32 Å². The van der Waals surface area contributed by atoms with Crippen molar-refractivity contribution < 1.29 is 14.1 Å². The third-order valence-corrected chi connectivity index (χ3v) is 8.04. The molecule has 144 valence electrons. The Labute approximate surface area is 167 Å². The molecule has 0 spiro atoms. The van der Waals surface area contributed by atoms with Crippen molar-refractivity contribution in [1.82, 2.24) is 0 Å². The number of rotatable bonds is 5. The third kappa shape index (κ3) is 4.01. The maximum atomic E-state index is 13.0. The monoisotopic (exact) mass is 393 g/mol. The van der Waals surface area contributed by atoms with Crippen LogP contribution in [0.2, 0.25) is 0 Å². The van der Waals surface area contributed by atoms with E-state index in [1.165, 1.54) is 0 Å². The largest absolute Gasteiger partial charge is 0.456 e. The first-order valence-corrected chi connectivity index (χ1v) is 11.0. The van der Waals surface area contributed by atoms with Crippen LogP contribution in [0.3, 0.4) is 0 Å². The van der Waals surface area contributed by atoms with E-state index < -0.39 is 13.1 Å². The molecule has 0 saturated carbocycles. The number of carbonyl (C=O) groups is 1. The van der Waals surface area contributed by atoms with Gasteiger partial charge in [-0.05, 0) is 57.2 Å².